The summed E-state index contributed by atoms with van der Waals surface area (Å²) in [4.78, 5) is 4.30. The van der Waals surface area contributed by atoms with E-state index in [9.17, 15) is 0 Å². The van der Waals surface area contributed by atoms with Crippen molar-refractivity contribution in [3.63, 3.8) is 0 Å². The molecule has 0 saturated heterocycles. The van der Waals surface area contributed by atoms with Crippen molar-refractivity contribution in [2.24, 2.45) is 4.99 Å². The monoisotopic (exact) mass is 391 g/mol. The third-order valence-corrected chi connectivity index (χ3v) is 4.80. The fourth-order valence-corrected chi connectivity index (χ4v) is 3.19. The lowest BCUT2D eigenvalue weighted by Crippen LogP contribution is -2.37. The predicted molar refractivity (Wildman–Crippen MR) is 118 cm³/mol. The van der Waals surface area contributed by atoms with E-state index in [4.69, 9.17) is 4.74 Å². The van der Waals surface area contributed by atoms with Gasteiger partial charge in [-0.2, -0.15) is 5.10 Å². The summed E-state index contributed by atoms with van der Waals surface area (Å²) < 4.78 is 7.35. The number of ether oxygens (including phenoxy) is 1. The summed E-state index contributed by atoms with van der Waals surface area (Å²) in [7, 11) is 3.47. The molecule has 0 bridgehead atoms. The molecule has 6 heteroatoms. The molecule has 0 aliphatic rings. The van der Waals surface area contributed by atoms with E-state index in [1.54, 1.807) is 14.2 Å². The van der Waals surface area contributed by atoms with Gasteiger partial charge in [-0.1, -0.05) is 36.4 Å². The first-order valence-corrected chi connectivity index (χ1v) is 9.88. The molecule has 152 valence electrons. The van der Waals surface area contributed by atoms with E-state index in [-0.39, 0.29) is 0 Å². The van der Waals surface area contributed by atoms with Crippen LogP contribution in [0.4, 0.5) is 0 Å². The van der Waals surface area contributed by atoms with Crippen molar-refractivity contribution in [2.45, 2.75) is 26.3 Å². The molecule has 0 spiro atoms. The summed E-state index contributed by atoms with van der Waals surface area (Å²) in [5.74, 6) is 1.66. The van der Waals surface area contributed by atoms with Gasteiger partial charge >= 0.3 is 0 Å². The number of aryl methyl sites for hydroxylation is 2. The van der Waals surface area contributed by atoms with Crippen LogP contribution >= 0.6 is 0 Å². The fraction of sp³-hybridized carbons (Fsp3) is 0.304. The Bertz CT molecular complexity index is 933. The number of aliphatic imine (C=N–C) groups is 1. The van der Waals surface area contributed by atoms with Crippen molar-refractivity contribution in [3.05, 3.63) is 77.6 Å². The molecular weight excluding hydrogens is 362 g/mol. The molecule has 2 aromatic carbocycles. The highest BCUT2D eigenvalue weighted by atomic mass is 16.5. The largest absolute Gasteiger partial charge is 0.496 e. The second-order valence-corrected chi connectivity index (χ2v) is 6.79. The zero-order chi connectivity index (χ0) is 20.5. The molecule has 0 unspecified atom stereocenters. The third kappa shape index (κ3) is 5.60. The van der Waals surface area contributed by atoms with Gasteiger partial charge in [-0.05, 0) is 43.5 Å². The number of hydrogen-bond donors (Lipinski definition) is 2. The van der Waals surface area contributed by atoms with Crippen molar-refractivity contribution in [1.82, 2.24) is 20.4 Å². The lowest BCUT2D eigenvalue weighted by atomic mass is 10.1. The summed E-state index contributed by atoms with van der Waals surface area (Å²) in [5, 5.41) is 11.4. The predicted octanol–water partition coefficient (Wildman–Crippen LogP) is 3.49. The van der Waals surface area contributed by atoms with E-state index in [1.807, 2.05) is 47.1 Å². The Hall–Kier alpha value is -3.28. The van der Waals surface area contributed by atoms with Crippen LogP contribution in [-0.2, 0) is 13.0 Å². The number of methoxy groups -OCH3 is 1. The van der Waals surface area contributed by atoms with Crippen molar-refractivity contribution in [1.29, 1.82) is 0 Å². The van der Waals surface area contributed by atoms with Gasteiger partial charge in [0.25, 0.3) is 0 Å². The molecule has 1 heterocycles. The summed E-state index contributed by atoms with van der Waals surface area (Å²) in [5.41, 5.74) is 4.53. The smallest absolute Gasteiger partial charge is 0.191 e. The molecule has 6 nitrogen and oxygen atoms in total. The second-order valence-electron chi connectivity index (χ2n) is 6.79. The maximum absolute atomic E-state index is 5.40. The maximum Gasteiger partial charge on any atom is 0.191 e. The molecule has 0 atom stereocenters. The van der Waals surface area contributed by atoms with E-state index >= 15 is 0 Å². The first-order chi connectivity index (χ1) is 14.2. The van der Waals surface area contributed by atoms with Crippen LogP contribution in [0.2, 0.25) is 0 Å². The minimum atomic E-state index is 0.659. The number of guanidine groups is 1. The molecule has 1 aromatic heterocycles. The van der Waals surface area contributed by atoms with Gasteiger partial charge in [0.05, 0.1) is 18.5 Å². The van der Waals surface area contributed by atoms with Gasteiger partial charge < -0.3 is 15.4 Å². The molecule has 0 saturated carbocycles. The summed E-state index contributed by atoms with van der Waals surface area (Å²) in [6, 6.07) is 18.2. The zero-order valence-electron chi connectivity index (χ0n) is 17.4. The Balaban J connectivity index is 1.46. The lowest BCUT2D eigenvalue weighted by Gasteiger charge is -2.13. The highest BCUT2D eigenvalue weighted by Gasteiger charge is 2.07. The SMILES string of the molecule is CN=C(NCCCc1cn(-c2ccccc2)nc1C)NCc1ccccc1OC. The van der Waals surface area contributed by atoms with Crippen LogP contribution in [0.15, 0.2) is 65.8 Å². The molecule has 3 aromatic rings. The quantitative estimate of drug-likeness (QED) is 0.351. The van der Waals surface area contributed by atoms with Gasteiger partial charge in [-0.3, -0.25) is 4.99 Å². The fourth-order valence-electron chi connectivity index (χ4n) is 3.19. The van der Waals surface area contributed by atoms with Crippen molar-refractivity contribution < 1.29 is 4.74 Å². The number of hydrogen-bond acceptors (Lipinski definition) is 3. The molecule has 0 fully saturated rings. The summed E-state index contributed by atoms with van der Waals surface area (Å²) in [6.45, 7) is 3.56. The molecule has 0 radical (unpaired) electrons. The lowest BCUT2D eigenvalue weighted by molar-refractivity contribution is 0.409. The number of para-hydroxylation sites is 2. The summed E-state index contributed by atoms with van der Waals surface area (Å²) >= 11 is 0. The van der Waals surface area contributed by atoms with Crippen molar-refractivity contribution in [2.75, 3.05) is 20.7 Å². The van der Waals surface area contributed by atoms with Crippen molar-refractivity contribution in [3.8, 4) is 11.4 Å². The highest BCUT2D eigenvalue weighted by Crippen LogP contribution is 2.16. The zero-order valence-corrected chi connectivity index (χ0v) is 17.4. The van der Waals surface area contributed by atoms with E-state index in [0.29, 0.717) is 6.54 Å². The molecule has 2 N–H and O–H groups in total. The molecule has 29 heavy (non-hydrogen) atoms. The number of aromatic nitrogens is 2. The number of benzene rings is 2. The highest BCUT2D eigenvalue weighted by molar-refractivity contribution is 5.79. The molecule has 0 amide bonds. The van der Waals surface area contributed by atoms with Crippen molar-refractivity contribution >= 4 is 5.96 Å². The minimum Gasteiger partial charge on any atom is -0.496 e. The number of nitrogens with zero attached hydrogens (tertiary/aromatic N) is 3. The Kier molecular flexibility index (Phi) is 7.28. The van der Waals surface area contributed by atoms with Crippen LogP contribution in [0.5, 0.6) is 5.75 Å². The van der Waals surface area contributed by atoms with Crippen LogP contribution in [-0.4, -0.2) is 36.4 Å². The Labute approximate surface area is 172 Å². The van der Waals surface area contributed by atoms with Crippen LogP contribution < -0.4 is 15.4 Å². The van der Waals surface area contributed by atoms with Crippen LogP contribution in [0.25, 0.3) is 5.69 Å². The van der Waals surface area contributed by atoms with E-state index in [1.165, 1.54) is 5.56 Å². The topological polar surface area (TPSA) is 63.5 Å². The Morgan fingerprint density at radius 1 is 1.03 bits per heavy atom. The van der Waals surface area contributed by atoms with Gasteiger partial charge in [0, 0.05) is 31.9 Å². The molecule has 3 rings (SSSR count). The molecule has 0 aliphatic carbocycles. The van der Waals surface area contributed by atoms with Gasteiger partial charge in [0.1, 0.15) is 5.75 Å². The van der Waals surface area contributed by atoms with E-state index < -0.39 is 0 Å². The summed E-state index contributed by atoms with van der Waals surface area (Å²) in [6.07, 6.45) is 4.09. The number of nitrogens with one attached hydrogen (secondary N) is 2. The Morgan fingerprint density at radius 3 is 2.55 bits per heavy atom. The second kappa shape index (κ2) is 10.3. The van der Waals surface area contributed by atoms with Crippen LogP contribution in [0.1, 0.15) is 23.2 Å². The standard InChI is InChI=1S/C23H29N5O/c1-18-20(17-28(27-18)21-12-5-4-6-13-21)11-9-15-25-23(24-2)26-16-19-10-7-8-14-22(19)29-3/h4-8,10,12-14,17H,9,11,15-16H2,1-3H3,(H2,24,25,26). The number of rotatable bonds is 8. The average molecular weight is 392 g/mol. The van der Waals surface area contributed by atoms with Gasteiger partial charge in [-0.15, -0.1) is 0 Å². The molecule has 0 aliphatic heterocycles. The first-order valence-electron chi connectivity index (χ1n) is 9.88. The van der Waals surface area contributed by atoms with Gasteiger partial charge in [0.15, 0.2) is 5.96 Å². The minimum absolute atomic E-state index is 0.659. The molecular formula is C23H29N5O. The van der Waals surface area contributed by atoms with E-state index in [0.717, 1.165) is 48.0 Å². The third-order valence-electron chi connectivity index (χ3n) is 4.80. The van der Waals surface area contributed by atoms with Crippen LogP contribution in [0.3, 0.4) is 0 Å². The van der Waals surface area contributed by atoms with Gasteiger partial charge in [0.2, 0.25) is 0 Å². The van der Waals surface area contributed by atoms with E-state index in [2.05, 4.69) is 46.0 Å². The van der Waals surface area contributed by atoms with Gasteiger partial charge in [-0.25, -0.2) is 4.68 Å². The maximum atomic E-state index is 5.40. The Morgan fingerprint density at radius 2 is 1.79 bits per heavy atom. The normalized spacial score (nSPS) is 11.3. The van der Waals surface area contributed by atoms with Crippen LogP contribution in [0, 0.1) is 6.92 Å². The first kappa shape index (κ1) is 20.5. The average Bonchev–Trinajstić information content (AvgIpc) is 3.14.